The van der Waals surface area contributed by atoms with E-state index in [2.05, 4.69) is 4.18 Å². The van der Waals surface area contributed by atoms with Crippen molar-refractivity contribution >= 4 is 21.4 Å². The predicted molar refractivity (Wildman–Crippen MR) is 80.1 cm³/mol. The lowest BCUT2D eigenvalue weighted by molar-refractivity contribution is 0.381. The SMILES string of the molecule is O=c1c(OS(=O)(=O)O)c(-c2ccccc2)oc2ccccc12. The van der Waals surface area contributed by atoms with Crippen molar-refractivity contribution in [3.63, 3.8) is 0 Å². The third-order valence-electron chi connectivity index (χ3n) is 2.98. The third kappa shape index (κ3) is 2.72. The van der Waals surface area contributed by atoms with E-state index < -0.39 is 21.6 Å². The lowest BCUT2D eigenvalue weighted by atomic mass is 10.1. The Kier molecular flexibility index (Phi) is 3.44. The second-order valence-corrected chi connectivity index (χ2v) is 5.48. The molecular formula is C15H10O6S. The average molecular weight is 318 g/mol. The highest BCUT2D eigenvalue weighted by Gasteiger charge is 2.21. The largest absolute Gasteiger partial charge is 0.452 e. The quantitative estimate of drug-likeness (QED) is 0.746. The van der Waals surface area contributed by atoms with E-state index in [1.807, 2.05) is 0 Å². The van der Waals surface area contributed by atoms with Crippen molar-refractivity contribution in [1.29, 1.82) is 0 Å². The molecule has 1 aromatic heterocycles. The van der Waals surface area contributed by atoms with Crippen LogP contribution in [0, 0.1) is 0 Å². The number of para-hydroxylation sites is 1. The van der Waals surface area contributed by atoms with Crippen LogP contribution in [0.4, 0.5) is 0 Å². The van der Waals surface area contributed by atoms with Crippen LogP contribution >= 0.6 is 0 Å². The molecule has 0 unspecified atom stereocenters. The Hall–Kier alpha value is -2.64. The average Bonchev–Trinajstić information content (AvgIpc) is 2.50. The fourth-order valence-corrected chi connectivity index (χ4v) is 2.45. The second kappa shape index (κ2) is 5.28. The van der Waals surface area contributed by atoms with Crippen LogP contribution < -0.4 is 9.61 Å². The Morgan fingerprint density at radius 2 is 1.59 bits per heavy atom. The smallest absolute Gasteiger partial charge is 0.446 e. The summed E-state index contributed by atoms with van der Waals surface area (Å²) >= 11 is 0. The van der Waals surface area contributed by atoms with E-state index in [-0.39, 0.29) is 16.7 Å². The van der Waals surface area contributed by atoms with Gasteiger partial charge in [-0.1, -0.05) is 42.5 Å². The van der Waals surface area contributed by atoms with Crippen molar-refractivity contribution in [2.24, 2.45) is 0 Å². The van der Waals surface area contributed by atoms with Gasteiger partial charge in [-0.15, -0.1) is 0 Å². The van der Waals surface area contributed by atoms with Crippen molar-refractivity contribution in [2.45, 2.75) is 0 Å². The van der Waals surface area contributed by atoms with Crippen LogP contribution in [-0.2, 0) is 10.4 Å². The lowest BCUT2D eigenvalue weighted by Gasteiger charge is -2.09. The summed E-state index contributed by atoms with van der Waals surface area (Å²) in [5, 5.41) is 0.154. The molecule has 0 fully saturated rings. The van der Waals surface area contributed by atoms with E-state index >= 15 is 0 Å². The first-order valence-electron chi connectivity index (χ1n) is 6.24. The zero-order valence-corrected chi connectivity index (χ0v) is 11.9. The molecule has 6 nitrogen and oxygen atoms in total. The molecule has 0 radical (unpaired) electrons. The Bertz CT molecular complexity index is 989. The van der Waals surface area contributed by atoms with Crippen LogP contribution in [0.1, 0.15) is 0 Å². The number of benzene rings is 2. The highest BCUT2D eigenvalue weighted by atomic mass is 32.3. The summed E-state index contributed by atoms with van der Waals surface area (Å²) in [4.78, 5) is 12.4. The molecule has 0 saturated heterocycles. The van der Waals surface area contributed by atoms with Gasteiger partial charge in [0.05, 0.1) is 5.39 Å². The van der Waals surface area contributed by atoms with Crippen LogP contribution in [-0.4, -0.2) is 13.0 Å². The summed E-state index contributed by atoms with van der Waals surface area (Å²) in [6.45, 7) is 0. The van der Waals surface area contributed by atoms with Crippen LogP contribution in [0.3, 0.4) is 0 Å². The van der Waals surface area contributed by atoms with E-state index in [1.165, 1.54) is 6.07 Å². The van der Waals surface area contributed by atoms with Gasteiger partial charge in [-0.25, -0.2) is 0 Å². The summed E-state index contributed by atoms with van der Waals surface area (Å²) < 4.78 is 41.0. The molecule has 3 rings (SSSR count). The number of fused-ring (bicyclic) bond motifs is 1. The Morgan fingerprint density at radius 3 is 2.27 bits per heavy atom. The maximum Gasteiger partial charge on any atom is 0.446 e. The molecule has 1 N–H and O–H groups in total. The zero-order chi connectivity index (χ0) is 15.7. The Morgan fingerprint density at radius 1 is 0.955 bits per heavy atom. The van der Waals surface area contributed by atoms with Crippen LogP contribution in [0.2, 0.25) is 0 Å². The monoisotopic (exact) mass is 318 g/mol. The molecule has 7 heteroatoms. The number of hydrogen-bond donors (Lipinski definition) is 1. The van der Waals surface area contributed by atoms with Crippen LogP contribution in [0.25, 0.3) is 22.3 Å². The lowest BCUT2D eigenvalue weighted by Crippen LogP contribution is -2.15. The number of hydrogen-bond acceptors (Lipinski definition) is 5. The van der Waals surface area contributed by atoms with Crippen LogP contribution in [0.5, 0.6) is 5.75 Å². The van der Waals surface area contributed by atoms with Crippen molar-refractivity contribution in [1.82, 2.24) is 0 Å². The molecule has 0 amide bonds. The number of rotatable bonds is 3. The third-order valence-corrected chi connectivity index (χ3v) is 3.36. The van der Waals surface area contributed by atoms with Gasteiger partial charge in [0.1, 0.15) is 5.58 Å². The summed E-state index contributed by atoms with van der Waals surface area (Å²) in [6, 6.07) is 14.8. The van der Waals surface area contributed by atoms with Gasteiger partial charge >= 0.3 is 10.4 Å². The van der Waals surface area contributed by atoms with Gasteiger partial charge < -0.3 is 8.60 Å². The molecule has 0 atom stereocenters. The molecule has 3 aromatic rings. The second-order valence-electron chi connectivity index (χ2n) is 4.46. The minimum absolute atomic E-state index is 0.0677. The summed E-state index contributed by atoms with van der Waals surface area (Å²) in [5.41, 5.74) is 0.0522. The molecule has 1 heterocycles. The predicted octanol–water partition coefficient (Wildman–Crippen LogP) is 2.64. The molecule has 0 saturated carbocycles. The maximum absolute atomic E-state index is 12.4. The van der Waals surface area contributed by atoms with Crippen molar-refractivity contribution < 1.29 is 21.6 Å². The van der Waals surface area contributed by atoms with Gasteiger partial charge in [0.15, 0.2) is 5.76 Å². The van der Waals surface area contributed by atoms with E-state index in [4.69, 9.17) is 8.97 Å². The van der Waals surface area contributed by atoms with Gasteiger partial charge in [-0.05, 0) is 12.1 Å². The van der Waals surface area contributed by atoms with Gasteiger partial charge in [0.2, 0.25) is 11.2 Å². The highest BCUT2D eigenvalue weighted by molar-refractivity contribution is 7.81. The normalized spacial score (nSPS) is 11.5. The molecule has 112 valence electrons. The molecule has 0 aliphatic heterocycles. The van der Waals surface area contributed by atoms with Gasteiger partial charge in [-0.3, -0.25) is 9.35 Å². The summed E-state index contributed by atoms with van der Waals surface area (Å²) in [6.07, 6.45) is 0. The van der Waals surface area contributed by atoms with Gasteiger partial charge in [0.25, 0.3) is 0 Å². The first kappa shape index (κ1) is 14.3. The molecule has 0 aliphatic carbocycles. The van der Waals surface area contributed by atoms with Crippen molar-refractivity contribution in [3.8, 4) is 17.1 Å². The molecule has 0 bridgehead atoms. The fourth-order valence-electron chi connectivity index (χ4n) is 2.09. The Balaban J connectivity index is 2.38. The van der Waals surface area contributed by atoms with E-state index in [0.717, 1.165) is 0 Å². The van der Waals surface area contributed by atoms with E-state index in [9.17, 15) is 13.2 Å². The fraction of sp³-hybridized carbons (Fsp3) is 0. The van der Waals surface area contributed by atoms with Crippen molar-refractivity contribution in [2.75, 3.05) is 0 Å². The molecule has 0 aliphatic rings. The van der Waals surface area contributed by atoms with E-state index in [1.54, 1.807) is 48.5 Å². The zero-order valence-electron chi connectivity index (χ0n) is 11.1. The molecule has 22 heavy (non-hydrogen) atoms. The maximum atomic E-state index is 12.4. The molecular weight excluding hydrogens is 308 g/mol. The minimum atomic E-state index is -4.86. The van der Waals surface area contributed by atoms with Gasteiger partial charge in [-0.2, -0.15) is 8.42 Å². The molecule has 0 spiro atoms. The topological polar surface area (TPSA) is 93.8 Å². The first-order valence-corrected chi connectivity index (χ1v) is 7.60. The molecule has 2 aromatic carbocycles. The first-order chi connectivity index (χ1) is 10.5. The van der Waals surface area contributed by atoms with Crippen LogP contribution in [0.15, 0.2) is 63.8 Å². The summed E-state index contributed by atoms with van der Waals surface area (Å²) in [7, 11) is -4.86. The Labute approximate surface area is 125 Å². The minimum Gasteiger partial charge on any atom is -0.452 e. The van der Waals surface area contributed by atoms with E-state index in [0.29, 0.717) is 5.56 Å². The van der Waals surface area contributed by atoms with Gasteiger partial charge in [0, 0.05) is 5.56 Å². The summed E-state index contributed by atoms with van der Waals surface area (Å²) in [5.74, 6) is -0.644. The highest BCUT2D eigenvalue weighted by Crippen LogP contribution is 2.31. The standard InChI is InChI=1S/C15H10O6S/c16-13-11-8-4-5-9-12(11)20-14(10-6-2-1-3-7-10)15(13)21-22(17,18)19/h1-9H,(H,17,18,19). The van der Waals surface area contributed by atoms with Crippen molar-refractivity contribution in [3.05, 3.63) is 64.8 Å².